The Balaban J connectivity index is 1.10. The van der Waals surface area contributed by atoms with Crippen LogP contribution in [0.2, 0.25) is 0 Å². The van der Waals surface area contributed by atoms with Crippen molar-refractivity contribution in [2.24, 2.45) is 0 Å². The number of aromatic nitrogens is 5. The number of rotatable bonds is 8. The minimum Gasteiger partial charge on any atom is -0.363 e. The average molecular weight is 523 g/mol. The van der Waals surface area contributed by atoms with Crippen molar-refractivity contribution in [1.29, 1.82) is 0 Å². The van der Waals surface area contributed by atoms with Crippen LogP contribution < -0.4 is 10.6 Å². The van der Waals surface area contributed by atoms with E-state index in [1.165, 1.54) is 0 Å². The minimum atomic E-state index is -0.211. The molecule has 5 aromatic rings. The maximum Gasteiger partial charge on any atom is 0.257 e. The third-order valence-corrected chi connectivity index (χ3v) is 7.25. The predicted octanol–water partition coefficient (Wildman–Crippen LogP) is 4.29. The lowest BCUT2D eigenvalue weighted by atomic mass is 10.0. The normalized spacial score (nSPS) is 15.2. The largest absolute Gasteiger partial charge is 0.363 e. The second-order valence-electron chi connectivity index (χ2n) is 9.84. The van der Waals surface area contributed by atoms with E-state index >= 15 is 0 Å². The van der Waals surface area contributed by atoms with Gasteiger partial charge < -0.3 is 15.2 Å². The number of likely N-dealkylation sites (tertiary alicyclic amines) is 1. The molecule has 3 aromatic heterocycles. The van der Waals surface area contributed by atoms with Gasteiger partial charge in [-0.05, 0) is 60.7 Å². The maximum atomic E-state index is 12.7. The summed E-state index contributed by atoms with van der Waals surface area (Å²) in [7, 11) is 0. The first-order chi connectivity index (χ1) is 19.1. The lowest BCUT2D eigenvalue weighted by Crippen LogP contribution is -2.31. The summed E-state index contributed by atoms with van der Waals surface area (Å²) < 4.78 is 0. The summed E-state index contributed by atoms with van der Waals surface area (Å²) in [5, 5.41) is 14.9. The van der Waals surface area contributed by atoms with Crippen molar-refractivity contribution in [3.63, 3.8) is 0 Å². The molecule has 39 heavy (non-hydrogen) atoms. The molecule has 0 saturated carbocycles. The number of nitrogens with one attached hydrogen (secondary N) is 4. The van der Waals surface area contributed by atoms with Crippen molar-refractivity contribution in [3.8, 4) is 0 Å². The first-order valence-electron chi connectivity index (χ1n) is 13.3. The second kappa shape index (κ2) is 10.6. The zero-order valence-electron chi connectivity index (χ0n) is 21.7. The molecule has 0 spiro atoms. The smallest absolute Gasteiger partial charge is 0.257 e. The van der Waals surface area contributed by atoms with E-state index in [0.717, 1.165) is 64.8 Å². The number of imidazole rings is 1. The summed E-state index contributed by atoms with van der Waals surface area (Å²) in [6.45, 7) is 3.35. The maximum absolute atomic E-state index is 12.7. The molecule has 2 amide bonds. The molecule has 4 heterocycles. The molecule has 0 radical (unpaired) electrons. The summed E-state index contributed by atoms with van der Waals surface area (Å²) in [5.74, 6) is 1.18. The van der Waals surface area contributed by atoms with E-state index in [-0.39, 0.29) is 17.9 Å². The van der Waals surface area contributed by atoms with Crippen LogP contribution in [0.5, 0.6) is 0 Å². The van der Waals surface area contributed by atoms with E-state index in [1.807, 2.05) is 66.4 Å². The van der Waals surface area contributed by atoms with Crippen LogP contribution in [0.4, 0.5) is 11.8 Å². The zero-order valence-corrected chi connectivity index (χ0v) is 21.7. The number of aromatic amines is 2. The Bertz CT molecular complexity index is 1610. The number of carbonyl (C=O) groups is 2. The monoisotopic (exact) mass is 522 g/mol. The Labute approximate surface area is 225 Å². The number of amides is 2. The minimum absolute atomic E-state index is 0.165. The van der Waals surface area contributed by atoms with Crippen LogP contribution in [0.3, 0.4) is 0 Å². The van der Waals surface area contributed by atoms with Gasteiger partial charge >= 0.3 is 0 Å². The van der Waals surface area contributed by atoms with E-state index in [9.17, 15) is 9.59 Å². The Morgan fingerprint density at radius 3 is 2.74 bits per heavy atom. The molecule has 0 aliphatic carbocycles. The van der Waals surface area contributed by atoms with Crippen molar-refractivity contribution in [1.82, 2.24) is 30.0 Å². The summed E-state index contributed by atoms with van der Waals surface area (Å²) in [6.07, 6.45) is 4.81. The van der Waals surface area contributed by atoms with Gasteiger partial charge in [-0.1, -0.05) is 31.2 Å². The van der Waals surface area contributed by atoms with Gasteiger partial charge in [-0.15, -0.1) is 0 Å². The fraction of sp³-hybridized carbons (Fsp3) is 0.276. The van der Waals surface area contributed by atoms with Gasteiger partial charge in [-0.25, -0.2) is 9.97 Å². The SMILES string of the molecule is CCC(=O)N1CC[C@@H](Nc2n[nH]c3nccc(CCc4ccc(C(=O)Nc5nc6ccccc6[nH]5)cc4)c23)C1. The third kappa shape index (κ3) is 5.18. The second-order valence-corrected chi connectivity index (χ2v) is 9.84. The molecule has 4 N–H and O–H groups in total. The average Bonchev–Trinajstić information content (AvgIpc) is 3.70. The number of para-hydroxylation sites is 2. The van der Waals surface area contributed by atoms with Crippen LogP contribution in [0, 0.1) is 0 Å². The van der Waals surface area contributed by atoms with E-state index in [0.29, 0.717) is 24.5 Å². The Kier molecular flexibility index (Phi) is 6.66. The zero-order chi connectivity index (χ0) is 26.8. The van der Waals surface area contributed by atoms with Crippen LogP contribution >= 0.6 is 0 Å². The van der Waals surface area contributed by atoms with Crippen LogP contribution in [0.15, 0.2) is 60.8 Å². The number of carbonyl (C=O) groups excluding carboxylic acids is 2. The van der Waals surface area contributed by atoms with Gasteiger partial charge in [0.2, 0.25) is 11.9 Å². The standard InChI is InChI=1S/C29H30N8O2/c1-2-24(38)37-16-14-21(17-37)31-27-25-19(13-15-30-26(25)35-36-27)10-7-18-8-11-20(12-9-18)28(39)34-29-32-22-5-3-4-6-23(22)33-29/h3-6,8-9,11-13,15,21H,2,7,10,14,16-17H2,1H3,(H2,30,31,35,36)(H2,32,33,34,39)/t21-/m1/s1. The highest BCUT2D eigenvalue weighted by Crippen LogP contribution is 2.26. The molecule has 0 bridgehead atoms. The fourth-order valence-electron chi connectivity index (χ4n) is 5.14. The van der Waals surface area contributed by atoms with Crippen molar-refractivity contribution in [2.45, 2.75) is 38.6 Å². The van der Waals surface area contributed by atoms with Gasteiger partial charge in [0.1, 0.15) is 0 Å². The van der Waals surface area contributed by atoms with Gasteiger partial charge in [0, 0.05) is 37.3 Å². The Morgan fingerprint density at radius 2 is 1.92 bits per heavy atom. The molecule has 10 heteroatoms. The number of H-pyrrole nitrogens is 2. The predicted molar refractivity (Wildman–Crippen MR) is 151 cm³/mol. The van der Waals surface area contributed by atoms with Gasteiger partial charge in [-0.3, -0.25) is 20.0 Å². The van der Waals surface area contributed by atoms with Gasteiger partial charge in [0.15, 0.2) is 11.5 Å². The Hall–Kier alpha value is -4.73. The van der Waals surface area contributed by atoms with Crippen molar-refractivity contribution >= 4 is 45.6 Å². The van der Waals surface area contributed by atoms with Crippen LogP contribution in [-0.2, 0) is 17.6 Å². The van der Waals surface area contributed by atoms with Gasteiger partial charge in [0.25, 0.3) is 5.91 Å². The molecule has 1 aliphatic rings. The van der Waals surface area contributed by atoms with Crippen molar-refractivity contribution in [3.05, 3.63) is 77.5 Å². The number of aryl methyl sites for hydroxylation is 2. The van der Waals surface area contributed by atoms with Crippen LogP contribution in [0.1, 0.15) is 41.3 Å². The molecule has 6 rings (SSSR count). The van der Waals surface area contributed by atoms with E-state index in [2.05, 4.69) is 35.8 Å². The van der Waals surface area contributed by atoms with Gasteiger partial charge in [0.05, 0.1) is 16.4 Å². The number of pyridine rings is 1. The topological polar surface area (TPSA) is 132 Å². The first kappa shape index (κ1) is 24.6. The number of anilines is 2. The highest BCUT2D eigenvalue weighted by molar-refractivity contribution is 6.04. The molecule has 10 nitrogen and oxygen atoms in total. The molecule has 2 aromatic carbocycles. The summed E-state index contributed by atoms with van der Waals surface area (Å²) in [5.41, 5.74) is 5.26. The van der Waals surface area contributed by atoms with Crippen molar-refractivity contribution < 1.29 is 9.59 Å². The molecule has 0 unspecified atom stereocenters. The van der Waals surface area contributed by atoms with E-state index in [4.69, 9.17) is 0 Å². The molecule has 1 atom stereocenters. The first-order valence-corrected chi connectivity index (χ1v) is 13.3. The van der Waals surface area contributed by atoms with Gasteiger partial charge in [-0.2, -0.15) is 5.10 Å². The van der Waals surface area contributed by atoms with Crippen LogP contribution in [0.25, 0.3) is 22.1 Å². The third-order valence-electron chi connectivity index (χ3n) is 7.25. The molecule has 1 saturated heterocycles. The molecule has 1 fully saturated rings. The molecular weight excluding hydrogens is 492 g/mol. The number of nitrogens with zero attached hydrogens (tertiary/aromatic N) is 4. The quantitative estimate of drug-likeness (QED) is 0.240. The summed E-state index contributed by atoms with van der Waals surface area (Å²) in [6, 6.07) is 17.5. The summed E-state index contributed by atoms with van der Waals surface area (Å²) in [4.78, 5) is 38.7. The molecule has 198 valence electrons. The summed E-state index contributed by atoms with van der Waals surface area (Å²) >= 11 is 0. The molecular formula is C29H30N8O2. The highest BCUT2D eigenvalue weighted by atomic mass is 16.2. The number of hydrogen-bond acceptors (Lipinski definition) is 6. The lowest BCUT2D eigenvalue weighted by Gasteiger charge is -2.16. The highest BCUT2D eigenvalue weighted by Gasteiger charge is 2.26. The van der Waals surface area contributed by atoms with E-state index < -0.39 is 0 Å². The number of hydrogen-bond donors (Lipinski definition) is 4. The number of benzene rings is 2. The Morgan fingerprint density at radius 1 is 1.08 bits per heavy atom. The van der Waals surface area contributed by atoms with Crippen molar-refractivity contribution in [2.75, 3.05) is 23.7 Å². The fourth-order valence-corrected chi connectivity index (χ4v) is 5.14. The molecule has 1 aliphatic heterocycles. The van der Waals surface area contributed by atoms with E-state index in [1.54, 1.807) is 6.20 Å². The number of fused-ring (bicyclic) bond motifs is 2. The van der Waals surface area contributed by atoms with Crippen LogP contribution in [-0.4, -0.2) is 61.0 Å². The lowest BCUT2D eigenvalue weighted by molar-refractivity contribution is -0.129.